The smallest absolute Gasteiger partial charge is 0.0772 e. The molecule has 1 N–H and O–H groups in total. The first-order valence-electron chi connectivity index (χ1n) is 6.55. The number of halogens is 1. The Bertz CT molecular complexity index is 452. The molecule has 0 saturated heterocycles. The minimum Gasteiger partial charge on any atom is -0.389 e. The van der Waals surface area contributed by atoms with Crippen molar-refractivity contribution in [2.24, 2.45) is 5.92 Å². The van der Waals surface area contributed by atoms with Crippen LogP contribution in [0.4, 0.5) is 5.69 Å². The summed E-state index contributed by atoms with van der Waals surface area (Å²) in [5.74, 6) is 0.536. The van der Waals surface area contributed by atoms with Crippen molar-refractivity contribution in [3.05, 3.63) is 28.2 Å². The second-order valence-corrected chi connectivity index (χ2v) is 5.98. The van der Waals surface area contributed by atoms with Crippen LogP contribution in [0, 0.1) is 17.2 Å². The standard InChI is InChI=1S/C15H21BrN2O/c1-11(2)10-18(8-4-7-17)13-5-6-14(12(3)19)15(16)9-13/h5-6,9,11-12,19H,4,8,10H2,1-3H3. The van der Waals surface area contributed by atoms with E-state index in [0.29, 0.717) is 12.3 Å². The van der Waals surface area contributed by atoms with E-state index in [9.17, 15) is 5.11 Å². The lowest BCUT2D eigenvalue weighted by Gasteiger charge is -2.26. The molecule has 1 unspecified atom stereocenters. The Kier molecular flexibility index (Phi) is 6.33. The number of aliphatic hydroxyl groups excluding tert-OH is 1. The highest BCUT2D eigenvalue weighted by molar-refractivity contribution is 9.10. The molecule has 0 aliphatic rings. The van der Waals surface area contributed by atoms with Crippen LogP contribution in [0.3, 0.4) is 0 Å². The fourth-order valence-corrected chi connectivity index (χ4v) is 2.70. The van der Waals surface area contributed by atoms with Crippen LogP contribution in [-0.4, -0.2) is 18.2 Å². The highest BCUT2D eigenvalue weighted by Crippen LogP contribution is 2.28. The molecule has 0 aliphatic heterocycles. The van der Waals surface area contributed by atoms with Crippen LogP contribution in [0.1, 0.15) is 38.9 Å². The molecule has 104 valence electrons. The molecule has 1 aromatic carbocycles. The number of aliphatic hydroxyl groups is 1. The van der Waals surface area contributed by atoms with Crippen LogP contribution < -0.4 is 4.90 Å². The molecule has 1 aromatic rings. The Morgan fingerprint density at radius 3 is 2.53 bits per heavy atom. The van der Waals surface area contributed by atoms with Gasteiger partial charge in [-0.2, -0.15) is 5.26 Å². The molecule has 0 amide bonds. The van der Waals surface area contributed by atoms with Crippen LogP contribution in [-0.2, 0) is 0 Å². The first-order valence-corrected chi connectivity index (χ1v) is 7.34. The van der Waals surface area contributed by atoms with E-state index in [2.05, 4.69) is 40.7 Å². The van der Waals surface area contributed by atoms with Crippen molar-refractivity contribution in [3.63, 3.8) is 0 Å². The molecule has 0 radical (unpaired) electrons. The van der Waals surface area contributed by atoms with Gasteiger partial charge in [0.25, 0.3) is 0 Å². The van der Waals surface area contributed by atoms with E-state index in [1.165, 1.54) is 0 Å². The predicted octanol–water partition coefficient (Wildman–Crippen LogP) is 3.88. The summed E-state index contributed by atoms with van der Waals surface area (Å²) in [4.78, 5) is 2.21. The molecule has 0 saturated carbocycles. The highest BCUT2D eigenvalue weighted by Gasteiger charge is 2.12. The molecular weight excluding hydrogens is 304 g/mol. The number of nitrogens with zero attached hydrogens (tertiary/aromatic N) is 2. The lowest BCUT2D eigenvalue weighted by Crippen LogP contribution is -2.28. The predicted molar refractivity (Wildman–Crippen MR) is 82.1 cm³/mol. The molecule has 0 fully saturated rings. The van der Waals surface area contributed by atoms with Gasteiger partial charge in [-0.1, -0.05) is 35.8 Å². The zero-order valence-corrected chi connectivity index (χ0v) is 13.3. The summed E-state index contributed by atoms with van der Waals surface area (Å²) in [5, 5.41) is 18.4. The maximum Gasteiger partial charge on any atom is 0.0772 e. The lowest BCUT2D eigenvalue weighted by atomic mass is 10.1. The zero-order chi connectivity index (χ0) is 14.4. The van der Waals surface area contributed by atoms with Gasteiger partial charge >= 0.3 is 0 Å². The van der Waals surface area contributed by atoms with E-state index in [-0.39, 0.29) is 0 Å². The summed E-state index contributed by atoms with van der Waals surface area (Å²) in [5.41, 5.74) is 1.97. The normalized spacial score (nSPS) is 12.3. The van der Waals surface area contributed by atoms with Gasteiger partial charge in [0.05, 0.1) is 18.6 Å². The molecule has 0 bridgehead atoms. The number of anilines is 1. The maximum atomic E-state index is 9.63. The van der Waals surface area contributed by atoms with E-state index in [0.717, 1.165) is 28.8 Å². The van der Waals surface area contributed by atoms with E-state index < -0.39 is 6.10 Å². The van der Waals surface area contributed by atoms with Crippen molar-refractivity contribution in [1.82, 2.24) is 0 Å². The molecule has 3 nitrogen and oxygen atoms in total. The molecular formula is C15H21BrN2O. The highest BCUT2D eigenvalue weighted by atomic mass is 79.9. The lowest BCUT2D eigenvalue weighted by molar-refractivity contribution is 0.198. The largest absolute Gasteiger partial charge is 0.389 e. The van der Waals surface area contributed by atoms with Gasteiger partial charge in [-0.25, -0.2) is 0 Å². The van der Waals surface area contributed by atoms with Gasteiger partial charge in [-0.05, 0) is 30.5 Å². The van der Waals surface area contributed by atoms with Gasteiger partial charge in [-0.3, -0.25) is 0 Å². The van der Waals surface area contributed by atoms with Crippen molar-refractivity contribution >= 4 is 21.6 Å². The third kappa shape index (κ3) is 4.85. The molecule has 0 spiro atoms. The third-order valence-electron chi connectivity index (χ3n) is 2.88. The maximum absolute atomic E-state index is 9.63. The van der Waals surface area contributed by atoms with Crippen LogP contribution in [0.25, 0.3) is 0 Å². The van der Waals surface area contributed by atoms with Gasteiger partial charge in [-0.15, -0.1) is 0 Å². The van der Waals surface area contributed by atoms with Crippen LogP contribution in [0.5, 0.6) is 0 Å². The summed E-state index contributed by atoms with van der Waals surface area (Å²) in [6.45, 7) is 7.73. The van der Waals surface area contributed by atoms with Crippen LogP contribution >= 0.6 is 15.9 Å². The van der Waals surface area contributed by atoms with E-state index in [4.69, 9.17) is 5.26 Å². The first-order chi connectivity index (χ1) is 8.95. The van der Waals surface area contributed by atoms with Gasteiger partial charge < -0.3 is 10.0 Å². The van der Waals surface area contributed by atoms with Crippen LogP contribution in [0.15, 0.2) is 22.7 Å². The van der Waals surface area contributed by atoms with E-state index in [1.54, 1.807) is 6.92 Å². The minimum atomic E-state index is -0.485. The number of benzene rings is 1. The van der Waals surface area contributed by atoms with Gasteiger partial charge in [0.1, 0.15) is 0 Å². The number of nitriles is 1. The Labute approximate surface area is 124 Å². The monoisotopic (exact) mass is 324 g/mol. The molecule has 1 atom stereocenters. The second-order valence-electron chi connectivity index (χ2n) is 5.13. The van der Waals surface area contributed by atoms with Crippen molar-refractivity contribution in [2.75, 3.05) is 18.0 Å². The Morgan fingerprint density at radius 2 is 2.05 bits per heavy atom. The van der Waals surface area contributed by atoms with Crippen molar-refractivity contribution in [1.29, 1.82) is 5.26 Å². The van der Waals surface area contributed by atoms with E-state index >= 15 is 0 Å². The molecule has 0 aromatic heterocycles. The minimum absolute atomic E-state index is 0.485. The Balaban J connectivity index is 2.96. The fourth-order valence-electron chi connectivity index (χ4n) is 2.00. The van der Waals surface area contributed by atoms with Gasteiger partial charge in [0.2, 0.25) is 0 Å². The van der Waals surface area contributed by atoms with Crippen molar-refractivity contribution < 1.29 is 5.11 Å². The quantitative estimate of drug-likeness (QED) is 0.863. The fraction of sp³-hybridized carbons (Fsp3) is 0.533. The Morgan fingerprint density at radius 1 is 1.37 bits per heavy atom. The summed E-state index contributed by atoms with van der Waals surface area (Å²) >= 11 is 3.50. The van der Waals surface area contributed by atoms with Gasteiger partial charge in [0, 0.05) is 23.2 Å². The van der Waals surface area contributed by atoms with Gasteiger partial charge in [0.15, 0.2) is 0 Å². The van der Waals surface area contributed by atoms with Crippen LogP contribution in [0.2, 0.25) is 0 Å². The average Bonchev–Trinajstić information content (AvgIpc) is 2.33. The Hall–Kier alpha value is -1.05. The molecule has 1 rings (SSSR count). The number of hydrogen-bond acceptors (Lipinski definition) is 3. The van der Waals surface area contributed by atoms with Crippen molar-refractivity contribution in [3.8, 4) is 6.07 Å². The number of hydrogen-bond donors (Lipinski definition) is 1. The summed E-state index contributed by atoms with van der Waals surface area (Å²) in [6, 6.07) is 8.15. The topological polar surface area (TPSA) is 47.3 Å². The zero-order valence-electron chi connectivity index (χ0n) is 11.7. The summed E-state index contributed by atoms with van der Waals surface area (Å²) < 4.78 is 0.908. The molecule has 4 heteroatoms. The third-order valence-corrected chi connectivity index (χ3v) is 3.57. The molecule has 19 heavy (non-hydrogen) atoms. The molecule has 0 heterocycles. The SMILES string of the molecule is CC(C)CN(CCC#N)c1ccc(C(C)O)c(Br)c1. The van der Waals surface area contributed by atoms with Crippen molar-refractivity contribution in [2.45, 2.75) is 33.3 Å². The number of rotatable bonds is 6. The summed E-state index contributed by atoms with van der Waals surface area (Å²) in [6.07, 6.45) is 0.0313. The van der Waals surface area contributed by atoms with E-state index in [1.807, 2.05) is 18.2 Å². The summed E-state index contributed by atoms with van der Waals surface area (Å²) in [7, 11) is 0. The first kappa shape index (κ1) is 16.0. The molecule has 0 aliphatic carbocycles. The average molecular weight is 325 g/mol. The second kappa shape index (κ2) is 7.52.